The number of nitrogens with one attached hydrogen (secondary N) is 2. The van der Waals surface area contributed by atoms with Gasteiger partial charge in [0.25, 0.3) is 20.2 Å². The third kappa shape index (κ3) is 5.54. The van der Waals surface area contributed by atoms with Crippen molar-refractivity contribution in [3.63, 3.8) is 0 Å². The fraction of sp³-hybridized carbons (Fsp3) is 0. The molecule has 2 heterocycles. The maximum absolute atomic E-state index is 10.8. The van der Waals surface area contributed by atoms with E-state index in [4.69, 9.17) is 9.11 Å². The topological polar surface area (TPSA) is 192 Å². The summed E-state index contributed by atoms with van der Waals surface area (Å²) in [5.41, 5.74) is 1.49. The molecule has 4 aromatic rings. The molecule has 0 atom stereocenters. The average Bonchev–Trinajstić information content (AvgIpc) is 3.21. The standard InChI is InChI=1S/2C6H5N3O3S.2Ag/c10-13(11,12)4-1-2-5-6(3-4)8-9-7-5;10-13(11,12)5-3-1-2-4-6(5)8-9-7-4;;/h2*1-3H,(H,7,8,9)(H,10,11,12);;/q;;2*+1. The molecule has 0 amide bonds. The Balaban J connectivity index is 0.000000261. The van der Waals surface area contributed by atoms with Crippen molar-refractivity contribution in [2.75, 3.05) is 0 Å². The summed E-state index contributed by atoms with van der Waals surface area (Å²) in [5, 5.41) is 19.3. The first kappa shape index (κ1) is 24.6. The van der Waals surface area contributed by atoms with Crippen LogP contribution in [-0.4, -0.2) is 56.8 Å². The van der Waals surface area contributed by atoms with Gasteiger partial charge in [-0.05, 0) is 30.3 Å². The molecule has 0 aliphatic rings. The van der Waals surface area contributed by atoms with E-state index in [9.17, 15) is 16.8 Å². The molecular formula is C12H10Ag2N6O6S2+2. The summed E-state index contributed by atoms with van der Waals surface area (Å²) in [6.07, 6.45) is 0. The van der Waals surface area contributed by atoms with Crippen molar-refractivity contribution in [2.45, 2.75) is 9.79 Å². The second-order valence-corrected chi connectivity index (χ2v) is 7.68. The maximum Gasteiger partial charge on any atom is 1.00 e. The SMILES string of the molecule is O=S(=O)(O)c1ccc2n[nH]nc2c1.O=S(=O)(O)c1cccc2n[nH]nc12.[Ag+].[Ag+]. The van der Waals surface area contributed by atoms with Crippen LogP contribution in [-0.2, 0) is 65.0 Å². The predicted molar refractivity (Wildman–Crippen MR) is 87.4 cm³/mol. The van der Waals surface area contributed by atoms with Crippen molar-refractivity contribution < 1.29 is 70.7 Å². The quantitative estimate of drug-likeness (QED) is 0.182. The summed E-state index contributed by atoms with van der Waals surface area (Å²) in [4.78, 5) is -0.423. The largest absolute Gasteiger partial charge is 1.00 e. The predicted octanol–water partition coefficient (Wildman–Crippen LogP) is 0.404. The molecule has 0 aliphatic heterocycles. The minimum absolute atomic E-state index is 0. The number of nitrogens with zero attached hydrogens (tertiary/aromatic N) is 4. The van der Waals surface area contributed by atoms with E-state index < -0.39 is 20.2 Å². The molecule has 0 unspecified atom stereocenters. The number of aromatic nitrogens is 6. The zero-order valence-electron chi connectivity index (χ0n) is 13.2. The zero-order chi connectivity index (χ0) is 18.9. The molecule has 0 saturated heterocycles. The Morgan fingerprint density at radius 1 is 0.714 bits per heavy atom. The van der Waals surface area contributed by atoms with E-state index in [2.05, 4.69) is 30.8 Å². The van der Waals surface area contributed by atoms with Crippen molar-refractivity contribution in [2.24, 2.45) is 0 Å². The third-order valence-corrected chi connectivity index (χ3v) is 4.91. The first-order chi connectivity index (χ1) is 12.2. The van der Waals surface area contributed by atoms with E-state index in [0.29, 0.717) is 16.6 Å². The van der Waals surface area contributed by atoms with Crippen LogP contribution in [0.25, 0.3) is 22.1 Å². The number of fused-ring (bicyclic) bond motifs is 2. The van der Waals surface area contributed by atoms with Gasteiger partial charge in [-0.3, -0.25) is 9.11 Å². The normalized spacial score (nSPS) is 11.2. The van der Waals surface area contributed by atoms with E-state index >= 15 is 0 Å². The molecule has 16 heteroatoms. The number of H-pyrrole nitrogens is 2. The fourth-order valence-corrected chi connectivity index (χ4v) is 3.18. The second kappa shape index (κ2) is 9.36. The molecule has 0 spiro atoms. The molecule has 2 aromatic carbocycles. The van der Waals surface area contributed by atoms with Crippen LogP contribution in [0.5, 0.6) is 0 Å². The number of benzene rings is 2. The van der Waals surface area contributed by atoms with Crippen molar-refractivity contribution in [1.82, 2.24) is 30.8 Å². The number of rotatable bonds is 2. The molecule has 156 valence electrons. The van der Waals surface area contributed by atoms with Gasteiger partial charge in [0, 0.05) is 0 Å². The average molecular weight is 614 g/mol. The van der Waals surface area contributed by atoms with E-state index in [1.54, 1.807) is 6.07 Å². The molecule has 0 fully saturated rings. The van der Waals surface area contributed by atoms with Crippen LogP contribution in [0, 0.1) is 0 Å². The van der Waals surface area contributed by atoms with Gasteiger partial charge in [0.2, 0.25) is 0 Å². The Hall–Kier alpha value is -1.46. The van der Waals surface area contributed by atoms with Gasteiger partial charge >= 0.3 is 44.8 Å². The molecule has 4 N–H and O–H groups in total. The minimum atomic E-state index is -4.22. The minimum Gasteiger partial charge on any atom is -0.282 e. The number of aromatic amines is 2. The van der Waals surface area contributed by atoms with E-state index in [0.717, 1.165) is 0 Å². The van der Waals surface area contributed by atoms with Crippen LogP contribution in [0.4, 0.5) is 0 Å². The van der Waals surface area contributed by atoms with Crippen LogP contribution in [0.15, 0.2) is 46.2 Å². The molecule has 4 rings (SSSR count). The molecule has 28 heavy (non-hydrogen) atoms. The summed E-state index contributed by atoms with van der Waals surface area (Å²) < 4.78 is 60.5. The van der Waals surface area contributed by atoms with Gasteiger partial charge in [0.1, 0.15) is 27.0 Å². The molecule has 2 aromatic heterocycles. The molecule has 0 aliphatic carbocycles. The monoisotopic (exact) mass is 612 g/mol. The Kier molecular flexibility index (Phi) is 8.22. The summed E-state index contributed by atoms with van der Waals surface area (Å²) >= 11 is 0. The van der Waals surface area contributed by atoms with E-state index in [1.807, 2.05) is 0 Å². The van der Waals surface area contributed by atoms with Crippen molar-refractivity contribution >= 4 is 42.3 Å². The smallest absolute Gasteiger partial charge is 0.282 e. The summed E-state index contributed by atoms with van der Waals surface area (Å²) in [6.45, 7) is 0. The maximum atomic E-state index is 10.8. The van der Waals surface area contributed by atoms with Crippen LogP contribution in [0.1, 0.15) is 0 Å². The van der Waals surface area contributed by atoms with Crippen molar-refractivity contribution in [3.05, 3.63) is 36.4 Å². The number of para-hydroxylation sites is 1. The summed E-state index contributed by atoms with van der Waals surface area (Å²) in [5.74, 6) is 0. The van der Waals surface area contributed by atoms with Crippen LogP contribution < -0.4 is 0 Å². The van der Waals surface area contributed by atoms with Crippen LogP contribution in [0.2, 0.25) is 0 Å². The second-order valence-electron chi connectivity index (χ2n) is 4.87. The molecule has 0 saturated carbocycles. The van der Waals surface area contributed by atoms with Gasteiger partial charge in [0.05, 0.1) is 4.90 Å². The Morgan fingerprint density at radius 2 is 1.32 bits per heavy atom. The van der Waals surface area contributed by atoms with Gasteiger partial charge in [-0.1, -0.05) is 6.07 Å². The Bertz CT molecular complexity index is 1300. The van der Waals surface area contributed by atoms with Crippen LogP contribution in [0.3, 0.4) is 0 Å². The van der Waals surface area contributed by atoms with Gasteiger partial charge < -0.3 is 0 Å². The molecular weight excluding hydrogens is 604 g/mol. The van der Waals surface area contributed by atoms with E-state index in [-0.39, 0.29) is 60.1 Å². The van der Waals surface area contributed by atoms with Crippen molar-refractivity contribution in [1.29, 1.82) is 0 Å². The van der Waals surface area contributed by atoms with Gasteiger partial charge in [-0.15, -0.1) is 0 Å². The van der Waals surface area contributed by atoms with E-state index in [1.165, 1.54) is 30.3 Å². The van der Waals surface area contributed by atoms with Gasteiger partial charge in [-0.25, -0.2) is 0 Å². The third-order valence-electron chi connectivity index (χ3n) is 3.17. The van der Waals surface area contributed by atoms with Gasteiger partial charge in [-0.2, -0.15) is 47.7 Å². The number of hydrogen-bond donors (Lipinski definition) is 4. The summed E-state index contributed by atoms with van der Waals surface area (Å²) in [7, 11) is -8.38. The van der Waals surface area contributed by atoms with Crippen molar-refractivity contribution in [3.8, 4) is 0 Å². The number of hydrogen-bond acceptors (Lipinski definition) is 8. The van der Waals surface area contributed by atoms with Gasteiger partial charge in [0.15, 0.2) is 0 Å². The Morgan fingerprint density at radius 3 is 1.96 bits per heavy atom. The first-order valence-corrected chi connectivity index (χ1v) is 9.59. The molecule has 0 bridgehead atoms. The summed E-state index contributed by atoms with van der Waals surface area (Å²) in [6, 6.07) is 8.30. The Labute approximate surface area is 189 Å². The molecule has 12 nitrogen and oxygen atoms in total. The fourth-order valence-electron chi connectivity index (χ4n) is 2.03. The van der Waals surface area contributed by atoms with Crippen LogP contribution >= 0.6 is 0 Å². The molecule has 0 radical (unpaired) electrons. The zero-order valence-corrected chi connectivity index (χ0v) is 17.8. The first-order valence-electron chi connectivity index (χ1n) is 6.71.